The van der Waals surface area contributed by atoms with Gasteiger partial charge in [0, 0.05) is 17.5 Å². The van der Waals surface area contributed by atoms with Gasteiger partial charge in [0.1, 0.15) is 17.2 Å². The van der Waals surface area contributed by atoms with Crippen LogP contribution in [0.15, 0.2) is 94.9 Å². The number of amides is 1. The first-order chi connectivity index (χ1) is 19.5. The highest BCUT2D eigenvalue weighted by molar-refractivity contribution is 9.10. The molecule has 1 saturated heterocycles. The van der Waals surface area contributed by atoms with Crippen LogP contribution in [0.5, 0.6) is 5.75 Å². The standard InChI is InChI=1S/C32H23BrN2O4S/c1-39-24-13-12-19(17-22(24)33)28(36)27-26(29(37)25-11-6-16-40-25)32(21-9-4-5-10-23(21)34-31(32)38)30-20-8-3-2-7-18(20)14-15-35(27)30/h2-17,26-27,30H,1H3,(H,34,38)/t26-,27-,30-,32+/m1/s1. The number of ketones is 2. The van der Waals surface area contributed by atoms with E-state index in [-0.39, 0.29) is 17.5 Å². The lowest BCUT2D eigenvalue weighted by Crippen LogP contribution is -2.49. The average Bonchev–Trinajstić information content (AvgIpc) is 3.69. The van der Waals surface area contributed by atoms with E-state index in [2.05, 4.69) is 21.2 Å². The number of methoxy groups -OCH3 is 1. The molecule has 4 atom stereocenters. The van der Waals surface area contributed by atoms with Gasteiger partial charge in [-0.2, -0.15) is 0 Å². The van der Waals surface area contributed by atoms with E-state index in [1.165, 1.54) is 11.3 Å². The molecule has 3 aliphatic rings. The van der Waals surface area contributed by atoms with Crippen molar-refractivity contribution in [3.63, 3.8) is 0 Å². The molecule has 4 heterocycles. The minimum Gasteiger partial charge on any atom is -0.496 e. The molecule has 0 aliphatic carbocycles. The van der Waals surface area contributed by atoms with E-state index in [0.29, 0.717) is 26.4 Å². The molecule has 0 saturated carbocycles. The van der Waals surface area contributed by atoms with Gasteiger partial charge in [0.15, 0.2) is 11.6 Å². The summed E-state index contributed by atoms with van der Waals surface area (Å²) in [6.07, 6.45) is 3.84. The molecule has 1 spiro atoms. The molecule has 7 rings (SSSR count). The van der Waals surface area contributed by atoms with Gasteiger partial charge in [-0.3, -0.25) is 14.4 Å². The number of ether oxygens (including phenoxy) is 1. The third-order valence-corrected chi connectivity index (χ3v) is 9.83. The lowest BCUT2D eigenvalue weighted by atomic mass is 9.63. The van der Waals surface area contributed by atoms with E-state index < -0.39 is 23.4 Å². The number of anilines is 1. The number of thiophene rings is 1. The topological polar surface area (TPSA) is 75.7 Å². The molecule has 1 aromatic heterocycles. The van der Waals surface area contributed by atoms with Crippen molar-refractivity contribution in [1.29, 1.82) is 0 Å². The van der Waals surface area contributed by atoms with Crippen LogP contribution in [0.3, 0.4) is 0 Å². The highest BCUT2D eigenvalue weighted by Crippen LogP contribution is 2.62. The number of carbonyl (C=O) groups excluding carboxylic acids is 3. The fourth-order valence-corrected chi connectivity index (χ4v) is 7.97. The van der Waals surface area contributed by atoms with Crippen LogP contribution in [0, 0.1) is 5.92 Å². The SMILES string of the molecule is COc1ccc(C(=O)[C@H]2[C@H](C(=O)c3cccs3)[C@]3(C(=O)Nc4ccccc43)[C@H]3c4ccccc4C=CN23)cc1Br. The molecule has 198 valence electrons. The highest BCUT2D eigenvalue weighted by Gasteiger charge is 2.70. The minimum absolute atomic E-state index is 0.215. The quantitative estimate of drug-likeness (QED) is 0.261. The average molecular weight is 612 g/mol. The molecule has 1 amide bonds. The third kappa shape index (κ3) is 3.36. The zero-order chi connectivity index (χ0) is 27.6. The van der Waals surface area contributed by atoms with E-state index in [1.807, 2.05) is 77.2 Å². The molecule has 0 bridgehead atoms. The Morgan fingerprint density at radius 1 is 1.00 bits per heavy atom. The summed E-state index contributed by atoms with van der Waals surface area (Å²) in [5.74, 6) is -1.10. The molecule has 3 aromatic carbocycles. The molecule has 1 N–H and O–H groups in total. The van der Waals surface area contributed by atoms with E-state index in [0.717, 1.165) is 16.7 Å². The summed E-state index contributed by atoms with van der Waals surface area (Å²) in [5.41, 5.74) is 2.37. The van der Waals surface area contributed by atoms with Crippen molar-refractivity contribution in [3.8, 4) is 5.75 Å². The molecular formula is C32H23BrN2O4S. The predicted molar refractivity (Wildman–Crippen MR) is 158 cm³/mol. The predicted octanol–water partition coefficient (Wildman–Crippen LogP) is 6.50. The number of nitrogens with zero attached hydrogens (tertiary/aromatic N) is 1. The summed E-state index contributed by atoms with van der Waals surface area (Å²) in [6.45, 7) is 0. The Hall–Kier alpha value is -4.01. The molecule has 0 unspecified atom stereocenters. The van der Waals surface area contributed by atoms with Crippen molar-refractivity contribution in [1.82, 2.24) is 4.90 Å². The number of fused-ring (bicyclic) bond motifs is 6. The summed E-state index contributed by atoms with van der Waals surface area (Å²) in [6, 6.07) is 22.7. The molecule has 40 heavy (non-hydrogen) atoms. The molecule has 4 aromatic rings. The number of rotatable bonds is 5. The van der Waals surface area contributed by atoms with Gasteiger partial charge < -0.3 is 15.0 Å². The maximum atomic E-state index is 14.6. The van der Waals surface area contributed by atoms with Gasteiger partial charge in [0.2, 0.25) is 5.91 Å². The van der Waals surface area contributed by atoms with Crippen LogP contribution in [0.1, 0.15) is 42.8 Å². The van der Waals surface area contributed by atoms with Crippen LogP contribution >= 0.6 is 27.3 Å². The molecule has 6 nitrogen and oxygen atoms in total. The summed E-state index contributed by atoms with van der Waals surface area (Å²) in [5, 5.41) is 4.92. The molecular weight excluding hydrogens is 588 g/mol. The number of Topliss-reactive ketones (excluding diaryl/α,β-unsaturated/α-hetero) is 2. The Morgan fingerprint density at radius 2 is 1.80 bits per heavy atom. The van der Waals surface area contributed by atoms with Crippen molar-refractivity contribution in [2.24, 2.45) is 5.92 Å². The number of nitrogens with one attached hydrogen (secondary N) is 1. The summed E-state index contributed by atoms with van der Waals surface area (Å²) in [7, 11) is 1.56. The first-order valence-corrected chi connectivity index (χ1v) is 14.5. The van der Waals surface area contributed by atoms with Crippen LogP contribution in [-0.4, -0.2) is 35.5 Å². The largest absolute Gasteiger partial charge is 0.496 e. The maximum Gasteiger partial charge on any atom is 0.238 e. The van der Waals surface area contributed by atoms with Gasteiger partial charge in [0.05, 0.1) is 28.4 Å². The zero-order valence-electron chi connectivity index (χ0n) is 21.3. The fraction of sp³-hybridized carbons (Fsp3) is 0.156. The van der Waals surface area contributed by atoms with E-state index in [9.17, 15) is 14.4 Å². The summed E-state index contributed by atoms with van der Waals surface area (Å²) >= 11 is 4.83. The number of halogens is 1. The van der Waals surface area contributed by atoms with Crippen LogP contribution in [0.2, 0.25) is 0 Å². The second-order valence-corrected chi connectivity index (χ2v) is 11.9. The first-order valence-electron chi connectivity index (χ1n) is 12.9. The smallest absolute Gasteiger partial charge is 0.238 e. The van der Waals surface area contributed by atoms with Crippen molar-refractivity contribution < 1.29 is 19.1 Å². The van der Waals surface area contributed by atoms with Crippen molar-refractivity contribution in [2.45, 2.75) is 17.5 Å². The van der Waals surface area contributed by atoms with Crippen molar-refractivity contribution >= 4 is 56.5 Å². The van der Waals surface area contributed by atoms with Crippen LogP contribution < -0.4 is 10.1 Å². The monoisotopic (exact) mass is 610 g/mol. The lowest BCUT2D eigenvalue weighted by molar-refractivity contribution is -0.122. The molecule has 1 fully saturated rings. The van der Waals surface area contributed by atoms with Gasteiger partial charge in [-0.1, -0.05) is 48.5 Å². The first kappa shape index (κ1) is 25.0. The van der Waals surface area contributed by atoms with E-state index in [1.54, 1.807) is 31.4 Å². The Balaban J connectivity index is 1.52. The van der Waals surface area contributed by atoms with Gasteiger partial charge in [-0.25, -0.2) is 0 Å². The summed E-state index contributed by atoms with van der Waals surface area (Å²) in [4.78, 5) is 46.0. The fourth-order valence-electron chi connectivity index (χ4n) is 6.73. The van der Waals surface area contributed by atoms with Crippen LogP contribution in [0.4, 0.5) is 5.69 Å². The molecule has 3 aliphatic heterocycles. The highest BCUT2D eigenvalue weighted by atomic mass is 79.9. The van der Waals surface area contributed by atoms with Gasteiger partial charge >= 0.3 is 0 Å². The van der Waals surface area contributed by atoms with Gasteiger partial charge in [0.25, 0.3) is 0 Å². The summed E-state index contributed by atoms with van der Waals surface area (Å²) < 4.78 is 6.02. The van der Waals surface area contributed by atoms with Crippen molar-refractivity contribution in [3.05, 3.63) is 122 Å². The maximum absolute atomic E-state index is 14.6. The Kier molecular flexibility index (Phi) is 5.80. The normalized spacial score (nSPS) is 23.9. The Bertz CT molecular complexity index is 1730. The van der Waals surface area contributed by atoms with Gasteiger partial charge in [-0.15, -0.1) is 11.3 Å². The van der Waals surface area contributed by atoms with Gasteiger partial charge in [-0.05, 0) is 74.4 Å². The second-order valence-electron chi connectivity index (χ2n) is 10.1. The van der Waals surface area contributed by atoms with Crippen LogP contribution in [-0.2, 0) is 10.2 Å². The van der Waals surface area contributed by atoms with Crippen LogP contribution in [0.25, 0.3) is 6.08 Å². The second kappa shape index (κ2) is 9.28. The van der Waals surface area contributed by atoms with E-state index >= 15 is 0 Å². The molecule has 0 radical (unpaired) electrons. The van der Waals surface area contributed by atoms with E-state index in [4.69, 9.17) is 4.74 Å². The Labute approximate surface area is 243 Å². The number of carbonyl (C=O) groups is 3. The number of para-hydroxylation sites is 1. The Morgan fingerprint density at radius 3 is 2.58 bits per heavy atom. The minimum atomic E-state index is -1.33. The number of benzene rings is 3. The molecule has 8 heteroatoms. The third-order valence-electron chi connectivity index (χ3n) is 8.32. The van der Waals surface area contributed by atoms with Crippen molar-refractivity contribution in [2.75, 3.05) is 12.4 Å². The number of hydrogen-bond acceptors (Lipinski definition) is 6. The lowest BCUT2D eigenvalue weighted by Gasteiger charge is -2.38. The number of hydrogen-bond donors (Lipinski definition) is 1. The zero-order valence-corrected chi connectivity index (χ0v) is 23.7.